The largest absolute Gasteiger partial charge is 0.384 e. The molecule has 0 aliphatic heterocycles. The topological polar surface area (TPSA) is 77.2 Å². The number of anilines is 1. The molecular formula is C11H16ClN3O2. The van der Waals surface area contributed by atoms with Gasteiger partial charge in [0, 0.05) is 18.7 Å². The van der Waals surface area contributed by atoms with Gasteiger partial charge >= 0.3 is 0 Å². The third-order valence-electron chi connectivity index (χ3n) is 2.08. The molecule has 0 aliphatic rings. The van der Waals surface area contributed by atoms with Crippen molar-refractivity contribution in [1.29, 1.82) is 0 Å². The van der Waals surface area contributed by atoms with Gasteiger partial charge in [0.15, 0.2) is 0 Å². The number of carbonyl (C=O) groups is 1. The smallest absolute Gasteiger partial charge is 0.251 e. The maximum atomic E-state index is 11.7. The van der Waals surface area contributed by atoms with E-state index in [1.165, 1.54) is 12.1 Å². The number of carbonyl (C=O) groups excluding carboxylic acids is 1. The average Bonchev–Trinajstić information content (AvgIpc) is 2.25. The van der Waals surface area contributed by atoms with Crippen molar-refractivity contribution in [2.75, 3.05) is 18.9 Å². The summed E-state index contributed by atoms with van der Waals surface area (Å²) < 4.78 is 5.30. The van der Waals surface area contributed by atoms with Gasteiger partial charge in [0.25, 0.3) is 5.91 Å². The third-order valence-corrected chi connectivity index (χ3v) is 2.27. The van der Waals surface area contributed by atoms with E-state index in [9.17, 15) is 4.79 Å². The van der Waals surface area contributed by atoms with Crippen LogP contribution in [0.1, 0.15) is 24.2 Å². The number of aromatic nitrogens is 1. The van der Waals surface area contributed by atoms with E-state index < -0.39 is 0 Å². The van der Waals surface area contributed by atoms with E-state index in [2.05, 4.69) is 10.3 Å². The second-order valence-corrected chi connectivity index (χ2v) is 3.97. The zero-order valence-electron chi connectivity index (χ0n) is 9.87. The minimum absolute atomic E-state index is 0.0291. The summed E-state index contributed by atoms with van der Waals surface area (Å²) in [5, 5.41) is 2.93. The highest BCUT2D eigenvalue weighted by Gasteiger charge is 2.09. The first kappa shape index (κ1) is 13.7. The van der Waals surface area contributed by atoms with Gasteiger partial charge in [0.05, 0.1) is 6.10 Å². The number of amides is 1. The Hall–Kier alpha value is -1.33. The van der Waals surface area contributed by atoms with Crippen molar-refractivity contribution < 1.29 is 9.53 Å². The quantitative estimate of drug-likeness (QED) is 0.783. The Morgan fingerprint density at radius 3 is 2.94 bits per heavy atom. The number of halogens is 1. The Morgan fingerprint density at radius 1 is 1.65 bits per heavy atom. The Bertz CT molecular complexity index is 378. The molecule has 1 heterocycles. The molecule has 1 amide bonds. The van der Waals surface area contributed by atoms with E-state index in [-0.39, 0.29) is 23.0 Å². The van der Waals surface area contributed by atoms with E-state index in [0.29, 0.717) is 18.7 Å². The molecule has 0 saturated heterocycles. The normalized spacial score (nSPS) is 12.2. The number of ether oxygens (including phenoxy) is 1. The van der Waals surface area contributed by atoms with Crippen LogP contribution in [-0.4, -0.2) is 30.1 Å². The summed E-state index contributed by atoms with van der Waals surface area (Å²) in [5.41, 5.74) is 5.90. The van der Waals surface area contributed by atoms with Gasteiger partial charge in [-0.3, -0.25) is 4.79 Å². The molecule has 94 valence electrons. The molecule has 5 nitrogen and oxygen atoms in total. The van der Waals surface area contributed by atoms with Gasteiger partial charge in [-0.15, -0.1) is 0 Å². The number of nitrogen functional groups attached to an aromatic ring is 1. The van der Waals surface area contributed by atoms with Crippen LogP contribution >= 0.6 is 11.6 Å². The number of nitrogens with one attached hydrogen (secondary N) is 1. The number of hydrogen-bond donors (Lipinski definition) is 2. The highest BCUT2D eigenvalue weighted by Crippen LogP contribution is 2.11. The van der Waals surface area contributed by atoms with Crippen LogP contribution in [-0.2, 0) is 4.74 Å². The summed E-state index contributed by atoms with van der Waals surface area (Å²) in [4.78, 5) is 15.5. The van der Waals surface area contributed by atoms with Crippen LogP contribution in [0.5, 0.6) is 0 Å². The summed E-state index contributed by atoms with van der Waals surface area (Å²) in [6.45, 7) is 4.84. The van der Waals surface area contributed by atoms with Crippen molar-refractivity contribution in [1.82, 2.24) is 10.3 Å². The molecule has 1 aromatic heterocycles. The summed E-state index contributed by atoms with van der Waals surface area (Å²) >= 11 is 5.71. The molecule has 1 rings (SSSR count). The first-order chi connectivity index (χ1) is 8.02. The molecular weight excluding hydrogens is 242 g/mol. The van der Waals surface area contributed by atoms with Gasteiger partial charge in [-0.2, -0.15) is 0 Å². The van der Waals surface area contributed by atoms with E-state index in [0.717, 1.165) is 0 Å². The molecule has 0 aromatic carbocycles. The molecule has 6 heteroatoms. The fraction of sp³-hybridized carbons (Fsp3) is 0.455. The first-order valence-electron chi connectivity index (χ1n) is 5.35. The van der Waals surface area contributed by atoms with Crippen LogP contribution in [0.3, 0.4) is 0 Å². The molecule has 1 unspecified atom stereocenters. The van der Waals surface area contributed by atoms with Gasteiger partial charge in [-0.05, 0) is 26.0 Å². The molecule has 1 atom stereocenters. The molecule has 0 radical (unpaired) electrons. The maximum absolute atomic E-state index is 11.7. The summed E-state index contributed by atoms with van der Waals surface area (Å²) in [6, 6.07) is 2.95. The molecule has 0 aliphatic carbocycles. The van der Waals surface area contributed by atoms with Gasteiger partial charge in [-0.25, -0.2) is 4.98 Å². The molecule has 1 aromatic rings. The predicted molar refractivity (Wildman–Crippen MR) is 67.1 cm³/mol. The van der Waals surface area contributed by atoms with E-state index >= 15 is 0 Å². The SMILES string of the molecule is CCOC(C)CNC(=O)c1cc(N)nc(Cl)c1. The van der Waals surface area contributed by atoms with Crippen LogP contribution in [0.15, 0.2) is 12.1 Å². The molecule has 0 spiro atoms. The lowest BCUT2D eigenvalue weighted by molar-refractivity contribution is 0.0695. The van der Waals surface area contributed by atoms with Gasteiger partial charge in [0.1, 0.15) is 11.0 Å². The lowest BCUT2D eigenvalue weighted by atomic mass is 10.2. The summed E-state index contributed by atoms with van der Waals surface area (Å²) in [7, 11) is 0. The number of hydrogen-bond acceptors (Lipinski definition) is 4. The number of rotatable bonds is 5. The number of pyridine rings is 1. The second kappa shape index (κ2) is 6.42. The zero-order chi connectivity index (χ0) is 12.8. The average molecular weight is 258 g/mol. The molecule has 0 saturated carbocycles. The minimum Gasteiger partial charge on any atom is -0.384 e. The van der Waals surface area contributed by atoms with Gasteiger partial charge < -0.3 is 15.8 Å². The monoisotopic (exact) mass is 257 g/mol. The minimum atomic E-state index is -0.243. The third kappa shape index (κ3) is 4.58. The fourth-order valence-corrected chi connectivity index (χ4v) is 1.55. The summed E-state index contributed by atoms with van der Waals surface area (Å²) in [6.07, 6.45) is -0.0291. The lowest BCUT2D eigenvalue weighted by Crippen LogP contribution is -2.32. The van der Waals surface area contributed by atoms with Gasteiger partial charge in [0.2, 0.25) is 0 Å². The van der Waals surface area contributed by atoms with Crippen molar-refractivity contribution in [3.8, 4) is 0 Å². The van der Waals surface area contributed by atoms with E-state index in [4.69, 9.17) is 22.1 Å². The Labute approximate surface area is 105 Å². The molecule has 17 heavy (non-hydrogen) atoms. The highest BCUT2D eigenvalue weighted by atomic mass is 35.5. The van der Waals surface area contributed by atoms with Crippen molar-refractivity contribution in [2.45, 2.75) is 20.0 Å². The molecule has 3 N–H and O–H groups in total. The number of nitrogens with two attached hydrogens (primary N) is 1. The van der Waals surface area contributed by atoms with Crippen LogP contribution in [0.25, 0.3) is 0 Å². The standard InChI is InChI=1S/C11H16ClN3O2/c1-3-17-7(2)6-14-11(16)8-4-9(12)15-10(13)5-8/h4-5,7H,3,6H2,1-2H3,(H2,13,15)(H,14,16). The number of nitrogens with zero attached hydrogens (tertiary/aromatic N) is 1. The fourth-order valence-electron chi connectivity index (χ4n) is 1.33. The predicted octanol–water partition coefficient (Wildman–Crippen LogP) is 1.47. The van der Waals surface area contributed by atoms with Crippen molar-refractivity contribution in [2.24, 2.45) is 0 Å². The zero-order valence-corrected chi connectivity index (χ0v) is 10.6. The highest BCUT2D eigenvalue weighted by molar-refractivity contribution is 6.29. The van der Waals surface area contributed by atoms with Crippen LogP contribution in [0, 0.1) is 0 Å². The first-order valence-corrected chi connectivity index (χ1v) is 5.73. The van der Waals surface area contributed by atoms with Crippen LogP contribution < -0.4 is 11.1 Å². The Morgan fingerprint density at radius 2 is 2.35 bits per heavy atom. The summed E-state index contributed by atoms with van der Waals surface area (Å²) in [5.74, 6) is -0.0203. The van der Waals surface area contributed by atoms with Gasteiger partial charge in [-0.1, -0.05) is 11.6 Å². The van der Waals surface area contributed by atoms with Crippen molar-refractivity contribution in [3.63, 3.8) is 0 Å². The van der Waals surface area contributed by atoms with E-state index in [1.807, 2.05) is 13.8 Å². The lowest BCUT2D eigenvalue weighted by Gasteiger charge is -2.12. The Balaban J connectivity index is 2.58. The van der Waals surface area contributed by atoms with Crippen molar-refractivity contribution >= 4 is 23.3 Å². The maximum Gasteiger partial charge on any atom is 0.251 e. The van der Waals surface area contributed by atoms with E-state index in [1.54, 1.807) is 0 Å². The Kier molecular flexibility index (Phi) is 5.18. The molecule has 0 bridgehead atoms. The second-order valence-electron chi connectivity index (χ2n) is 3.58. The van der Waals surface area contributed by atoms with Crippen LogP contribution in [0.2, 0.25) is 5.15 Å². The van der Waals surface area contributed by atoms with Crippen molar-refractivity contribution in [3.05, 3.63) is 22.8 Å². The van der Waals surface area contributed by atoms with Crippen LogP contribution in [0.4, 0.5) is 5.82 Å². The molecule has 0 fully saturated rings.